The minimum atomic E-state index is -3.46. The largest absolute Gasteiger partial charge is 0.507 e. The molecule has 0 radical (unpaired) electrons. The molecule has 1 aliphatic rings. The molecule has 8 heteroatoms. The third kappa shape index (κ3) is 5.31. The van der Waals surface area contributed by atoms with E-state index in [-0.39, 0.29) is 18.3 Å². The van der Waals surface area contributed by atoms with E-state index in [4.69, 9.17) is 0 Å². The van der Waals surface area contributed by atoms with Gasteiger partial charge in [0.05, 0.1) is 19.0 Å². The Morgan fingerprint density at radius 1 is 1.33 bits per heavy atom. The zero-order valence-electron chi connectivity index (χ0n) is 13.7. The van der Waals surface area contributed by atoms with Crippen LogP contribution in [0.4, 0.5) is 0 Å². The lowest BCUT2D eigenvalue weighted by molar-refractivity contribution is -0.121. The van der Waals surface area contributed by atoms with Gasteiger partial charge in [0, 0.05) is 11.6 Å². The van der Waals surface area contributed by atoms with Gasteiger partial charge >= 0.3 is 0 Å². The van der Waals surface area contributed by atoms with E-state index in [9.17, 15) is 18.3 Å². The molecule has 0 unspecified atom stereocenters. The van der Waals surface area contributed by atoms with Crippen LogP contribution in [0.25, 0.3) is 0 Å². The van der Waals surface area contributed by atoms with Gasteiger partial charge in [-0.2, -0.15) is 9.41 Å². The fraction of sp³-hybridized carbons (Fsp3) is 0.500. The predicted molar refractivity (Wildman–Crippen MR) is 92.3 cm³/mol. The lowest BCUT2D eigenvalue weighted by atomic mass is 9.95. The minimum absolute atomic E-state index is 0.0514. The fourth-order valence-corrected chi connectivity index (χ4v) is 3.94. The van der Waals surface area contributed by atoms with Crippen molar-refractivity contribution in [3.8, 4) is 5.75 Å². The maximum absolute atomic E-state index is 12.0. The summed E-state index contributed by atoms with van der Waals surface area (Å²) >= 11 is 0. The molecule has 0 spiro atoms. The number of benzene rings is 1. The molecule has 0 heterocycles. The van der Waals surface area contributed by atoms with Crippen LogP contribution in [-0.2, 0) is 14.8 Å². The Kier molecular flexibility index (Phi) is 6.33. The molecule has 0 saturated heterocycles. The summed E-state index contributed by atoms with van der Waals surface area (Å²) in [6.07, 6.45) is 7.06. The second-order valence-corrected chi connectivity index (χ2v) is 7.89. The van der Waals surface area contributed by atoms with E-state index in [2.05, 4.69) is 10.5 Å². The van der Waals surface area contributed by atoms with Crippen LogP contribution in [-0.4, -0.2) is 48.8 Å². The first kappa shape index (κ1) is 18.4. The highest BCUT2D eigenvalue weighted by Crippen LogP contribution is 2.24. The van der Waals surface area contributed by atoms with E-state index >= 15 is 0 Å². The minimum Gasteiger partial charge on any atom is -0.507 e. The molecule has 24 heavy (non-hydrogen) atoms. The lowest BCUT2D eigenvalue weighted by Gasteiger charge is -2.31. The highest BCUT2D eigenvalue weighted by Gasteiger charge is 2.29. The number of nitrogens with one attached hydrogen (secondary N) is 1. The van der Waals surface area contributed by atoms with Crippen molar-refractivity contribution in [1.82, 2.24) is 9.73 Å². The van der Waals surface area contributed by atoms with Crippen molar-refractivity contribution in [2.75, 3.05) is 12.8 Å². The maximum Gasteiger partial charge on any atom is 0.255 e. The molecule has 1 aromatic rings. The van der Waals surface area contributed by atoms with Gasteiger partial charge in [-0.1, -0.05) is 31.4 Å². The normalized spacial score (nSPS) is 16.6. The Hall–Kier alpha value is -1.93. The smallest absolute Gasteiger partial charge is 0.255 e. The zero-order valence-corrected chi connectivity index (χ0v) is 14.5. The number of hydrazone groups is 1. The van der Waals surface area contributed by atoms with Gasteiger partial charge in [-0.3, -0.25) is 4.79 Å². The van der Waals surface area contributed by atoms with E-state index in [1.807, 2.05) is 0 Å². The predicted octanol–water partition coefficient (Wildman–Crippen LogP) is 1.44. The number of amides is 1. The van der Waals surface area contributed by atoms with E-state index in [0.717, 1.165) is 38.4 Å². The van der Waals surface area contributed by atoms with Gasteiger partial charge in [0.15, 0.2) is 0 Å². The van der Waals surface area contributed by atoms with Crippen LogP contribution in [0.5, 0.6) is 5.75 Å². The Labute approximate surface area is 142 Å². The number of sulfonamides is 1. The summed E-state index contributed by atoms with van der Waals surface area (Å²) in [6.45, 7) is -0.248. The molecular weight excluding hydrogens is 330 g/mol. The van der Waals surface area contributed by atoms with Crippen LogP contribution < -0.4 is 5.43 Å². The third-order valence-electron chi connectivity index (χ3n) is 4.04. The Balaban J connectivity index is 1.96. The van der Waals surface area contributed by atoms with Crippen molar-refractivity contribution in [3.63, 3.8) is 0 Å². The summed E-state index contributed by atoms with van der Waals surface area (Å²) in [7, 11) is -3.46. The molecule has 132 valence electrons. The van der Waals surface area contributed by atoms with Crippen molar-refractivity contribution in [2.24, 2.45) is 5.10 Å². The van der Waals surface area contributed by atoms with Gasteiger partial charge in [-0.15, -0.1) is 0 Å². The molecule has 2 N–H and O–H groups in total. The van der Waals surface area contributed by atoms with E-state index in [1.165, 1.54) is 16.6 Å². The average Bonchev–Trinajstić information content (AvgIpc) is 2.54. The molecule has 2 rings (SSSR count). The standard InChI is InChI=1S/C16H23N3O4S/c1-24(22,23)19(14-8-3-2-4-9-14)12-16(21)18-17-11-13-7-5-6-10-15(13)20/h5-7,10-11,14,20H,2-4,8-9,12H2,1H3,(H,18,21). The summed E-state index contributed by atoms with van der Waals surface area (Å²) in [6, 6.07) is 6.45. The number of carbonyl (C=O) groups is 1. The maximum atomic E-state index is 12.0. The van der Waals surface area contributed by atoms with Gasteiger partial charge in [-0.25, -0.2) is 13.8 Å². The van der Waals surface area contributed by atoms with Crippen LogP contribution in [0.1, 0.15) is 37.7 Å². The van der Waals surface area contributed by atoms with Gasteiger partial charge in [0.2, 0.25) is 10.0 Å². The van der Waals surface area contributed by atoms with Crippen LogP contribution >= 0.6 is 0 Å². The van der Waals surface area contributed by atoms with Crippen molar-refractivity contribution in [2.45, 2.75) is 38.1 Å². The molecular formula is C16H23N3O4S. The topological polar surface area (TPSA) is 99.1 Å². The SMILES string of the molecule is CS(=O)(=O)N(CC(=O)NN=Cc1ccccc1O)C1CCCCC1. The molecule has 1 aliphatic carbocycles. The Morgan fingerprint density at radius 3 is 2.62 bits per heavy atom. The first-order valence-electron chi connectivity index (χ1n) is 7.94. The number of aromatic hydroxyl groups is 1. The van der Waals surface area contributed by atoms with Crippen molar-refractivity contribution < 1.29 is 18.3 Å². The zero-order chi connectivity index (χ0) is 17.6. The second-order valence-electron chi connectivity index (χ2n) is 5.95. The lowest BCUT2D eigenvalue weighted by Crippen LogP contribution is -2.45. The highest BCUT2D eigenvalue weighted by atomic mass is 32.2. The second kappa shape index (κ2) is 8.25. The fourth-order valence-electron chi connectivity index (χ4n) is 2.83. The van der Waals surface area contributed by atoms with Crippen molar-refractivity contribution in [1.29, 1.82) is 0 Å². The molecule has 1 fully saturated rings. The molecule has 1 amide bonds. The van der Waals surface area contributed by atoms with Gasteiger partial charge in [-0.05, 0) is 25.0 Å². The molecule has 0 bridgehead atoms. The number of hydrogen-bond acceptors (Lipinski definition) is 5. The van der Waals surface area contributed by atoms with Crippen LogP contribution in [0.2, 0.25) is 0 Å². The van der Waals surface area contributed by atoms with E-state index < -0.39 is 15.9 Å². The number of nitrogens with zero attached hydrogens (tertiary/aromatic N) is 2. The monoisotopic (exact) mass is 353 g/mol. The van der Waals surface area contributed by atoms with Crippen molar-refractivity contribution in [3.05, 3.63) is 29.8 Å². The Bertz CT molecular complexity index is 697. The highest BCUT2D eigenvalue weighted by molar-refractivity contribution is 7.88. The van der Waals surface area contributed by atoms with Crippen LogP contribution in [0.15, 0.2) is 29.4 Å². The summed E-state index contributed by atoms with van der Waals surface area (Å²) in [5.41, 5.74) is 2.78. The third-order valence-corrected chi connectivity index (χ3v) is 5.32. The summed E-state index contributed by atoms with van der Waals surface area (Å²) in [5, 5.41) is 13.4. The number of hydrogen-bond donors (Lipinski definition) is 2. The van der Waals surface area contributed by atoms with Crippen LogP contribution in [0, 0.1) is 0 Å². The average molecular weight is 353 g/mol. The number of rotatable bonds is 6. The van der Waals surface area contributed by atoms with E-state index in [1.54, 1.807) is 18.2 Å². The molecule has 1 saturated carbocycles. The number of carbonyl (C=O) groups excluding carboxylic acids is 1. The molecule has 0 aromatic heterocycles. The summed E-state index contributed by atoms with van der Waals surface area (Å²) < 4.78 is 25.2. The number of phenolic OH excluding ortho intramolecular Hbond substituents is 1. The molecule has 0 atom stereocenters. The van der Waals surface area contributed by atoms with Crippen molar-refractivity contribution >= 4 is 22.1 Å². The van der Waals surface area contributed by atoms with Crippen LogP contribution in [0.3, 0.4) is 0 Å². The first-order chi connectivity index (χ1) is 11.4. The number of phenols is 1. The molecule has 0 aliphatic heterocycles. The first-order valence-corrected chi connectivity index (χ1v) is 9.79. The van der Waals surface area contributed by atoms with Gasteiger partial charge in [0.1, 0.15) is 5.75 Å². The summed E-state index contributed by atoms with van der Waals surface area (Å²) in [5.74, 6) is -0.451. The van der Waals surface area contributed by atoms with Gasteiger partial charge in [0.25, 0.3) is 5.91 Å². The number of para-hydroxylation sites is 1. The van der Waals surface area contributed by atoms with E-state index in [0.29, 0.717) is 5.56 Å². The molecule has 1 aromatic carbocycles. The quantitative estimate of drug-likeness (QED) is 0.597. The summed E-state index contributed by atoms with van der Waals surface area (Å²) in [4.78, 5) is 12.0. The Morgan fingerprint density at radius 2 is 2.00 bits per heavy atom. The van der Waals surface area contributed by atoms with Gasteiger partial charge < -0.3 is 5.11 Å². The molecule has 7 nitrogen and oxygen atoms in total.